The van der Waals surface area contributed by atoms with Gasteiger partial charge in [-0.25, -0.2) is 4.79 Å². The number of anilines is 1. The molecule has 8 heteroatoms. The molecule has 0 bridgehead atoms. The largest absolute Gasteiger partial charge is 0.462 e. The normalized spacial score (nSPS) is 10.6. The second-order valence-corrected chi connectivity index (χ2v) is 7.73. The number of hydrogen-bond donors (Lipinski definition) is 1. The Balaban J connectivity index is 1.59. The van der Waals surface area contributed by atoms with Crippen LogP contribution in [0.15, 0.2) is 53.7 Å². The zero-order valence-corrected chi connectivity index (χ0v) is 18.0. The molecule has 0 spiro atoms. The van der Waals surface area contributed by atoms with Gasteiger partial charge in [0, 0.05) is 18.3 Å². The van der Waals surface area contributed by atoms with Gasteiger partial charge in [0.2, 0.25) is 5.91 Å². The lowest BCUT2D eigenvalue weighted by Gasteiger charge is -2.08. The number of aromatic nitrogens is 3. The van der Waals surface area contributed by atoms with E-state index in [-0.39, 0.29) is 11.7 Å². The Hall–Kier alpha value is -3.13. The van der Waals surface area contributed by atoms with Gasteiger partial charge < -0.3 is 14.6 Å². The predicted octanol–water partition coefficient (Wildman–Crippen LogP) is 4.09. The third-order valence-corrected chi connectivity index (χ3v) is 5.32. The van der Waals surface area contributed by atoms with Gasteiger partial charge in [0.25, 0.3) is 0 Å². The molecular weight excluding hydrogens is 400 g/mol. The summed E-state index contributed by atoms with van der Waals surface area (Å²) in [6, 6.07) is 14.8. The van der Waals surface area contributed by atoms with Gasteiger partial charge in [0.1, 0.15) is 0 Å². The van der Waals surface area contributed by atoms with Crippen molar-refractivity contribution in [2.45, 2.75) is 25.4 Å². The van der Waals surface area contributed by atoms with Gasteiger partial charge in [-0.1, -0.05) is 54.6 Å². The fraction of sp³-hybridized carbons (Fsp3) is 0.273. The summed E-state index contributed by atoms with van der Waals surface area (Å²) < 4.78 is 7.00. The first-order valence-electron chi connectivity index (χ1n) is 9.64. The number of nitrogens with one attached hydrogen (secondary N) is 1. The van der Waals surface area contributed by atoms with Crippen LogP contribution in [0.4, 0.5) is 5.69 Å². The lowest BCUT2D eigenvalue weighted by atomic mass is 10.1. The Morgan fingerprint density at radius 2 is 1.90 bits per heavy atom. The molecule has 156 valence electrons. The number of benzene rings is 2. The molecule has 0 unspecified atom stereocenters. The van der Waals surface area contributed by atoms with Crippen LogP contribution in [0, 0.1) is 6.92 Å². The Labute approximate surface area is 179 Å². The van der Waals surface area contributed by atoms with Crippen molar-refractivity contribution in [1.29, 1.82) is 0 Å². The molecule has 1 heterocycles. The highest BCUT2D eigenvalue weighted by Crippen LogP contribution is 2.23. The molecule has 1 aromatic heterocycles. The molecule has 3 aromatic rings. The van der Waals surface area contributed by atoms with Crippen LogP contribution in [0.1, 0.15) is 29.3 Å². The van der Waals surface area contributed by atoms with Crippen molar-refractivity contribution >= 4 is 29.3 Å². The molecule has 0 fully saturated rings. The number of nitrogens with zero attached hydrogens (tertiary/aromatic N) is 3. The first-order chi connectivity index (χ1) is 14.5. The van der Waals surface area contributed by atoms with E-state index < -0.39 is 5.97 Å². The summed E-state index contributed by atoms with van der Waals surface area (Å²) in [5, 5.41) is 11.9. The highest BCUT2D eigenvalue weighted by Gasteiger charge is 2.14. The van der Waals surface area contributed by atoms with Crippen molar-refractivity contribution in [3.05, 3.63) is 59.7 Å². The number of hydrogen-bond acceptors (Lipinski definition) is 6. The molecule has 0 aliphatic carbocycles. The van der Waals surface area contributed by atoms with E-state index in [1.807, 2.05) is 49.7 Å². The monoisotopic (exact) mass is 424 g/mol. The summed E-state index contributed by atoms with van der Waals surface area (Å²) in [7, 11) is 1.88. The zero-order chi connectivity index (χ0) is 21.5. The van der Waals surface area contributed by atoms with Crippen LogP contribution in [0.5, 0.6) is 0 Å². The minimum atomic E-state index is -0.398. The van der Waals surface area contributed by atoms with E-state index in [9.17, 15) is 9.59 Å². The van der Waals surface area contributed by atoms with E-state index in [1.165, 1.54) is 17.3 Å². The molecule has 2 aromatic carbocycles. The molecule has 0 saturated carbocycles. The van der Waals surface area contributed by atoms with Gasteiger partial charge in [-0.3, -0.25) is 4.79 Å². The molecule has 0 aliphatic heterocycles. The average Bonchev–Trinajstić information content (AvgIpc) is 3.11. The van der Waals surface area contributed by atoms with Crippen molar-refractivity contribution in [1.82, 2.24) is 14.8 Å². The van der Waals surface area contributed by atoms with Crippen molar-refractivity contribution in [2.24, 2.45) is 7.05 Å². The maximum absolute atomic E-state index is 12.4. The van der Waals surface area contributed by atoms with Gasteiger partial charge in [-0.15, -0.1) is 10.2 Å². The maximum Gasteiger partial charge on any atom is 0.338 e. The van der Waals surface area contributed by atoms with Gasteiger partial charge >= 0.3 is 5.97 Å². The highest BCUT2D eigenvalue weighted by atomic mass is 32.2. The minimum absolute atomic E-state index is 0.171. The third kappa shape index (κ3) is 5.48. The number of carbonyl (C=O) groups excluding carboxylic acids is 2. The Bertz CT molecular complexity index is 1030. The van der Waals surface area contributed by atoms with Crippen LogP contribution in [0.25, 0.3) is 11.4 Å². The van der Waals surface area contributed by atoms with E-state index >= 15 is 0 Å². The van der Waals surface area contributed by atoms with Crippen molar-refractivity contribution in [3.8, 4) is 11.4 Å². The van der Waals surface area contributed by atoms with Crippen LogP contribution in [0.3, 0.4) is 0 Å². The van der Waals surface area contributed by atoms with Gasteiger partial charge in [0.05, 0.1) is 17.9 Å². The fourth-order valence-corrected chi connectivity index (χ4v) is 3.43. The topological polar surface area (TPSA) is 86.1 Å². The lowest BCUT2D eigenvalue weighted by molar-refractivity contribution is -0.113. The summed E-state index contributed by atoms with van der Waals surface area (Å²) >= 11 is 1.30. The molecule has 30 heavy (non-hydrogen) atoms. The first kappa shape index (κ1) is 21.6. The van der Waals surface area contributed by atoms with Crippen molar-refractivity contribution < 1.29 is 14.3 Å². The van der Waals surface area contributed by atoms with Gasteiger partial charge in [-0.2, -0.15) is 0 Å². The molecule has 7 nitrogen and oxygen atoms in total. The summed E-state index contributed by atoms with van der Waals surface area (Å²) in [6.45, 7) is 4.33. The maximum atomic E-state index is 12.4. The van der Waals surface area contributed by atoms with Gasteiger partial charge in [0.15, 0.2) is 11.0 Å². The Morgan fingerprint density at radius 1 is 1.13 bits per heavy atom. The molecule has 3 rings (SSSR count). The van der Waals surface area contributed by atoms with Crippen LogP contribution < -0.4 is 5.32 Å². The Kier molecular flexibility index (Phi) is 7.24. The Morgan fingerprint density at radius 3 is 2.63 bits per heavy atom. The predicted molar refractivity (Wildman–Crippen MR) is 118 cm³/mol. The summed E-state index contributed by atoms with van der Waals surface area (Å²) in [6.07, 6.45) is 0.757. The second-order valence-electron chi connectivity index (χ2n) is 6.78. The summed E-state index contributed by atoms with van der Waals surface area (Å²) in [5.74, 6) is 0.324. The number of thioether (sulfide) groups is 1. The lowest BCUT2D eigenvalue weighted by Crippen LogP contribution is -2.15. The third-order valence-electron chi connectivity index (χ3n) is 4.30. The fourth-order valence-electron chi connectivity index (χ4n) is 2.72. The molecule has 0 aliphatic rings. The van der Waals surface area contributed by atoms with E-state index in [1.54, 1.807) is 24.3 Å². The number of amides is 1. The molecule has 1 N–H and O–H groups in total. The van der Waals surface area contributed by atoms with Crippen LogP contribution in [0.2, 0.25) is 0 Å². The molecule has 1 amide bonds. The smallest absolute Gasteiger partial charge is 0.338 e. The second kappa shape index (κ2) is 10.1. The molecule has 0 saturated heterocycles. The highest BCUT2D eigenvalue weighted by molar-refractivity contribution is 7.99. The number of aryl methyl sites for hydroxylation is 1. The van der Waals surface area contributed by atoms with E-state index in [0.29, 0.717) is 23.0 Å². The molecular formula is C22H24N4O3S. The number of carbonyl (C=O) groups is 2. The average molecular weight is 425 g/mol. The van der Waals surface area contributed by atoms with Gasteiger partial charge in [-0.05, 0) is 31.5 Å². The minimum Gasteiger partial charge on any atom is -0.462 e. The van der Waals surface area contributed by atoms with Crippen LogP contribution in [-0.2, 0) is 16.6 Å². The standard InChI is InChI=1S/C22H24N4O3S/c1-4-12-29-21(28)17-6-5-7-18(13-17)23-19(27)14-30-22-25-24-20(26(22)3)16-10-8-15(2)9-11-16/h5-11,13H,4,12,14H2,1-3H3,(H,23,27). The number of rotatable bonds is 8. The SMILES string of the molecule is CCCOC(=O)c1cccc(NC(=O)CSc2nnc(-c3ccc(C)cc3)n2C)c1. The van der Waals surface area contributed by atoms with E-state index in [4.69, 9.17) is 4.74 Å². The van der Waals surface area contributed by atoms with Crippen LogP contribution in [-0.4, -0.2) is 39.0 Å². The first-order valence-corrected chi connectivity index (χ1v) is 10.6. The quantitative estimate of drug-likeness (QED) is 0.433. The zero-order valence-electron chi connectivity index (χ0n) is 17.2. The molecule has 0 radical (unpaired) electrons. The number of esters is 1. The van der Waals surface area contributed by atoms with Crippen molar-refractivity contribution in [3.63, 3.8) is 0 Å². The number of ether oxygens (including phenoxy) is 1. The van der Waals surface area contributed by atoms with Crippen LogP contribution >= 0.6 is 11.8 Å². The van der Waals surface area contributed by atoms with Crippen molar-refractivity contribution in [2.75, 3.05) is 17.7 Å². The molecule has 0 atom stereocenters. The van der Waals surface area contributed by atoms with E-state index in [2.05, 4.69) is 15.5 Å². The summed E-state index contributed by atoms with van der Waals surface area (Å²) in [5.41, 5.74) is 3.10. The van der Waals surface area contributed by atoms with E-state index in [0.717, 1.165) is 17.8 Å². The summed E-state index contributed by atoms with van der Waals surface area (Å²) in [4.78, 5) is 24.3.